The van der Waals surface area contributed by atoms with E-state index in [0.717, 1.165) is 19.4 Å². The van der Waals surface area contributed by atoms with Crippen molar-refractivity contribution in [2.24, 2.45) is 11.7 Å². The lowest BCUT2D eigenvalue weighted by Gasteiger charge is -2.30. The van der Waals surface area contributed by atoms with Gasteiger partial charge >= 0.3 is 0 Å². The maximum atomic E-state index is 12.1. The molecule has 2 aliphatic carbocycles. The molecule has 2 saturated carbocycles. The Balaban J connectivity index is 1.86. The summed E-state index contributed by atoms with van der Waals surface area (Å²) in [7, 11) is 0. The molecular formula is C13H24N2OS. The van der Waals surface area contributed by atoms with Crippen LogP contribution in [0.2, 0.25) is 0 Å². The lowest BCUT2D eigenvalue weighted by Crippen LogP contribution is -2.55. The molecule has 1 unspecified atom stereocenters. The van der Waals surface area contributed by atoms with Crippen molar-refractivity contribution < 1.29 is 4.79 Å². The first-order valence-corrected chi connectivity index (χ1v) is 7.85. The van der Waals surface area contributed by atoms with Crippen LogP contribution in [0.1, 0.15) is 45.4 Å². The smallest absolute Gasteiger partial charge is 0.240 e. The van der Waals surface area contributed by atoms with Crippen LogP contribution in [0.5, 0.6) is 0 Å². The molecule has 3 nitrogen and oxygen atoms in total. The number of hydrogen-bond donors (Lipinski definition) is 2. The van der Waals surface area contributed by atoms with Crippen molar-refractivity contribution in [3.05, 3.63) is 0 Å². The van der Waals surface area contributed by atoms with Crippen LogP contribution in [-0.4, -0.2) is 29.0 Å². The highest BCUT2D eigenvalue weighted by Crippen LogP contribution is 2.40. The predicted octanol–water partition coefficient (Wildman–Crippen LogP) is 1.91. The van der Waals surface area contributed by atoms with Crippen molar-refractivity contribution in [3.63, 3.8) is 0 Å². The van der Waals surface area contributed by atoms with Gasteiger partial charge in [0.25, 0.3) is 0 Å². The highest BCUT2D eigenvalue weighted by molar-refractivity contribution is 8.00. The van der Waals surface area contributed by atoms with Gasteiger partial charge in [-0.3, -0.25) is 4.79 Å². The number of carbonyl (C=O) groups excluding carboxylic acids is 1. The van der Waals surface area contributed by atoms with Crippen molar-refractivity contribution in [2.75, 3.05) is 12.8 Å². The van der Waals surface area contributed by atoms with Crippen LogP contribution in [-0.2, 0) is 4.79 Å². The molecule has 4 heteroatoms. The van der Waals surface area contributed by atoms with Crippen LogP contribution in [0.25, 0.3) is 0 Å². The van der Waals surface area contributed by atoms with Crippen molar-refractivity contribution in [2.45, 2.75) is 55.7 Å². The lowest BCUT2D eigenvalue weighted by atomic mass is 9.95. The number of carbonyl (C=O) groups is 1. The maximum absolute atomic E-state index is 12.1. The van der Waals surface area contributed by atoms with E-state index in [1.807, 2.05) is 18.7 Å². The summed E-state index contributed by atoms with van der Waals surface area (Å²) >= 11 is 1.90. The van der Waals surface area contributed by atoms with Crippen LogP contribution in [0.15, 0.2) is 0 Å². The molecular weight excluding hydrogens is 232 g/mol. The van der Waals surface area contributed by atoms with E-state index in [1.165, 1.54) is 25.7 Å². The molecule has 0 spiro atoms. The Morgan fingerprint density at radius 3 is 2.53 bits per heavy atom. The number of thioether (sulfide) groups is 1. The predicted molar refractivity (Wildman–Crippen MR) is 73.0 cm³/mol. The average molecular weight is 256 g/mol. The number of amides is 1. The summed E-state index contributed by atoms with van der Waals surface area (Å²) < 4.78 is 0.273. The Hall–Kier alpha value is -0.220. The molecule has 1 amide bonds. The standard InChI is InChI=1S/C13H24N2OS/c1-12(14,10-5-6-10)11(16)15-9-13(17-2)7-3-4-8-13/h10H,3-9,14H2,1-2H3,(H,15,16). The summed E-state index contributed by atoms with van der Waals surface area (Å²) in [5.74, 6) is 0.441. The van der Waals surface area contributed by atoms with E-state index in [0.29, 0.717) is 5.92 Å². The highest BCUT2D eigenvalue weighted by Gasteiger charge is 2.44. The molecule has 0 aromatic carbocycles. The lowest BCUT2D eigenvalue weighted by molar-refractivity contribution is -0.126. The molecule has 0 aromatic rings. The Morgan fingerprint density at radius 1 is 1.47 bits per heavy atom. The van der Waals surface area contributed by atoms with E-state index in [1.54, 1.807) is 0 Å². The molecule has 0 aromatic heterocycles. The fourth-order valence-electron chi connectivity index (χ4n) is 2.77. The summed E-state index contributed by atoms with van der Waals surface area (Å²) in [5, 5.41) is 3.09. The van der Waals surface area contributed by atoms with Gasteiger partial charge in [-0.05, 0) is 44.8 Å². The van der Waals surface area contributed by atoms with Crippen molar-refractivity contribution in [1.82, 2.24) is 5.32 Å². The summed E-state index contributed by atoms with van der Waals surface area (Å²) in [6.07, 6.45) is 9.39. The first kappa shape index (κ1) is 13.2. The van der Waals surface area contributed by atoms with E-state index >= 15 is 0 Å². The zero-order valence-corrected chi connectivity index (χ0v) is 11.7. The maximum Gasteiger partial charge on any atom is 0.240 e. The molecule has 0 aliphatic heterocycles. The van der Waals surface area contributed by atoms with Gasteiger partial charge in [0, 0.05) is 11.3 Å². The summed E-state index contributed by atoms with van der Waals surface area (Å²) in [6, 6.07) is 0. The van der Waals surface area contributed by atoms with Crippen LogP contribution in [0.4, 0.5) is 0 Å². The molecule has 3 N–H and O–H groups in total. The minimum Gasteiger partial charge on any atom is -0.353 e. The van der Waals surface area contributed by atoms with Gasteiger partial charge in [-0.15, -0.1) is 0 Å². The van der Waals surface area contributed by atoms with Gasteiger partial charge in [0.05, 0.1) is 5.54 Å². The number of hydrogen-bond acceptors (Lipinski definition) is 3. The molecule has 98 valence electrons. The van der Waals surface area contributed by atoms with Crippen molar-refractivity contribution >= 4 is 17.7 Å². The van der Waals surface area contributed by atoms with Gasteiger partial charge in [0.1, 0.15) is 0 Å². The van der Waals surface area contributed by atoms with E-state index in [-0.39, 0.29) is 10.7 Å². The van der Waals surface area contributed by atoms with Crippen LogP contribution in [0.3, 0.4) is 0 Å². The number of rotatable bonds is 5. The Kier molecular flexibility index (Phi) is 3.74. The van der Waals surface area contributed by atoms with Gasteiger partial charge in [0.2, 0.25) is 5.91 Å². The van der Waals surface area contributed by atoms with Crippen molar-refractivity contribution in [1.29, 1.82) is 0 Å². The van der Waals surface area contributed by atoms with Crippen LogP contribution in [0, 0.1) is 5.92 Å². The first-order valence-electron chi connectivity index (χ1n) is 6.62. The monoisotopic (exact) mass is 256 g/mol. The molecule has 0 radical (unpaired) electrons. The van der Waals surface area contributed by atoms with Crippen LogP contribution < -0.4 is 11.1 Å². The minimum atomic E-state index is -0.655. The molecule has 17 heavy (non-hydrogen) atoms. The second-order valence-corrected chi connectivity index (χ2v) is 7.11. The highest BCUT2D eigenvalue weighted by atomic mass is 32.2. The molecule has 1 atom stereocenters. The third-order valence-corrected chi connectivity index (χ3v) is 5.85. The SMILES string of the molecule is CSC1(CNC(=O)C(C)(N)C2CC2)CCCC1. The molecule has 2 fully saturated rings. The topological polar surface area (TPSA) is 55.1 Å². The fraction of sp³-hybridized carbons (Fsp3) is 0.923. The summed E-state index contributed by atoms with van der Waals surface area (Å²) in [5.41, 5.74) is 5.46. The minimum absolute atomic E-state index is 0.0420. The van der Waals surface area contributed by atoms with Crippen LogP contribution >= 0.6 is 11.8 Å². The van der Waals surface area contributed by atoms with Gasteiger partial charge in [-0.1, -0.05) is 12.8 Å². The molecule has 2 rings (SSSR count). The molecule has 0 saturated heterocycles. The first-order chi connectivity index (χ1) is 8.00. The van der Waals surface area contributed by atoms with E-state index in [4.69, 9.17) is 5.73 Å². The fourth-order valence-corrected chi connectivity index (χ4v) is 3.69. The second kappa shape index (κ2) is 4.81. The third kappa shape index (κ3) is 2.79. The van der Waals surface area contributed by atoms with Gasteiger partial charge in [-0.25, -0.2) is 0 Å². The zero-order valence-electron chi connectivity index (χ0n) is 10.9. The second-order valence-electron chi connectivity index (χ2n) is 5.83. The largest absolute Gasteiger partial charge is 0.353 e. The Bertz CT molecular complexity index is 294. The average Bonchev–Trinajstić information content (AvgIpc) is 3.07. The normalized spacial score (nSPS) is 26.5. The van der Waals surface area contributed by atoms with E-state index in [9.17, 15) is 4.79 Å². The number of nitrogens with two attached hydrogens (primary N) is 1. The van der Waals surface area contributed by atoms with Gasteiger partial charge < -0.3 is 11.1 Å². The summed E-state index contributed by atoms with van der Waals surface area (Å²) in [6.45, 7) is 2.66. The molecule has 0 bridgehead atoms. The number of nitrogens with one attached hydrogen (secondary N) is 1. The zero-order chi connectivity index (χ0) is 12.5. The van der Waals surface area contributed by atoms with E-state index < -0.39 is 5.54 Å². The Labute approximate surface area is 108 Å². The van der Waals surface area contributed by atoms with E-state index in [2.05, 4.69) is 11.6 Å². The van der Waals surface area contributed by atoms with Gasteiger partial charge in [0.15, 0.2) is 0 Å². The molecule has 0 heterocycles. The quantitative estimate of drug-likeness (QED) is 0.790. The summed E-state index contributed by atoms with van der Waals surface area (Å²) in [4.78, 5) is 12.1. The van der Waals surface area contributed by atoms with Gasteiger partial charge in [-0.2, -0.15) is 11.8 Å². The Morgan fingerprint density at radius 2 is 2.06 bits per heavy atom. The molecule has 2 aliphatic rings. The third-order valence-electron chi connectivity index (χ3n) is 4.43. The van der Waals surface area contributed by atoms with Crippen molar-refractivity contribution in [3.8, 4) is 0 Å².